The van der Waals surface area contributed by atoms with E-state index in [1.165, 1.54) is 0 Å². The van der Waals surface area contributed by atoms with Crippen LogP contribution in [-0.2, 0) is 4.79 Å². The number of imidazole rings is 1. The van der Waals surface area contributed by atoms with Gasteiger partial charge in [0.1, 0.15) is 5.82 Å². The monoisotopic (exact) mass is 275 g/mol. The Morgan fingerprint density at radius 1 is 1.35 bits per heavy atom. The molecule has 2 atom stereocenters. The van der Waals surface area contributed by atoms with E-state index < -0.39 is 5.97 Å². The third-order valence-electron chi connectivity index (χ3n) is 3.98. The van der Waals surface area contributed by atoms with E-state index in [0.717, 1.165) is 30.6 Å². The Morgan fingerprint density at radius 3 is 2.90 bits per heavy atom. The number of carbonyl (C=O) groups is 1. The Hall–Kier alpha value is -2.11. The minimum absolute atomic E-state index is 0.0542. The SMILES string of the molecule is COc1ccc2[nH]c(C3CCCCC3C(=O)O)nc2n1. The van der Waals surface area contributed by atoms with Gasteiger partial charge in [-0.05, 0) is 18.9 Å². The first-order chi connectivity index (χ1) is 9.69. The lowest BCUT2D eigenvalue weighted by Gasteiger charge is -2.26. The Balaban J connectivity index is 1.97. The van der Waals surface area contributed by atoms with Crippen molar-refractivity contribution in [2.45, 2.75) is 31.6 Å². The normalized spacial score (nSPS) is 22.9. The number of ether oxygens (including phenoxy) is 1. The molecule has 2 N–H and O–H groups in total. The number of nitrogens with one attached hydrogen (secondary N) is 1. The van der Waals surface area contributed by atoms with Gasteiger partial charge in [-0.3, -0.25) is 4.79 Å². The van der Waals surface area contributed by atoms with Gasteiger partial charge in [0.05, 0.1) is 18.5 Å². The van der Waals surface area contributed by atoms with Crippen LogP contribution in [0.4, 0.5) is 0 Å². The number of H-pyrrole nitrogens is 1. The first-order valence-electron chi connectivity index (χ1n) is 6.82. The molecule has 1 fully saturated rings. The molecule has 20 heavy (non-hydrogen) atoms. The third kappa shape index (κ3) is 2.21. The zero-order valence-electron chi connectivity index (χ0n) is 11.3. The van der Waals surface area contributed by atoms with E-state index in [1.807, 2.05) is 6.07 Å². The first-order valence-corrected chi connectivity index (χ1v) is 6.82. The van der Waals surface area contributed by atoms with Crippen molar-refractivity contribution in [1.29, 1.82) is 0 Å². The topological polar surface area (TPSA) is 88.1 Å². The van der Waals surface area contributed by atoms with Gasteiger partial charge in [0.2, 0.25) is 5.88 Å². The summed E-state index contributed by atoms with van der Waals surface area (Å²) in [7, 11) is 1.56. The average Bonchev–Trinajstić information content (AvgIpc) is 2.89. The van der Waals surface area contributed by atoms with Gasteiger partial charge in [0.25, 0.3) is 0 Å². The van der Waals surface area contributed by atoms with Crippen molar-refractivity contribution in [3.8, 4) is 5.88 Å². The largest absolute Gasteiger partial charge is 0.481 e. The van der Waals surface area contributed by atoms with Gasteiger partial charge >= 0.3 is 5.97 Å². The summed E-state index contributed by atoms with van der Waals surface area (Å²) in [6.07, 6.45) is 3.59. The van der Waals surface area contributed by atoms with Crippen LogP contribution < -0.4 is 4.74 Å². The molecule has 0 amide bonds. The van der Waals surface area contributed by atoms with Crippen LogP contribution in [0.25, 0.3) is 11.2 Å². The number of methoxy groups -OCH3 is 1. The van der Waals surface area contributed by atoms with Gasteiger partial charge in [-0.1, -0.05) is 12.8 Å². The van der Waals surface area contributed by atoms with Crippen LogP contribution in [0.5, 0.6) is 5.88 Å². The van der Waals surface area contributed by atoms with Crippen molar-refractivity contribution in [2.24, 2.45) is 5.92 Å². The molecule has 1 saturated carbocycles. The molecule has 1 aliphatic rings. The van der Waals surface area contributed by atoms with Crippen molar-refractivity contribution in [2.75, 3.05) is 7.11 Å². The summed E-state index contributed by atoms with van der Waals surface area (Å²) >= 11 is 0. The fourth-order valence-corrected chi connectivity index (χ4v) is 2.94. The van der Waals surface area contributed by atoms with Crippen LogP contribution in [0.15, 0.2) is 12.1 Å². The van der Waals surface area contributed by atoms with E-state index in [-0.39, 0.29) is 11.8 Å². The second kappa shape index (κ2) is 5.11. The molecular formula is C14H17N3O3. The van der Waals surface area contributed by atoms with Crippen LogP contribution in [0, 0.1) is 5.92 Å². The van der Waals surface area contributed by atoms with Crippen molar-refractivity contribution >= 4 is 17.1 Å². The highest BCUT2D eigenvalue weighted by Crippen LogP contribution is 2.37. The lowest BCUT2D eigenvalue weighted by Crippen LogP contribution is -2.26. The van der Waals surface area contributed by atoms with E-state index >= 15 is 0 Å². The number of hydrogen-bond acceptors (Lipinski definition) is 4. The van der Waals surface area contributed by atoms with E-state index in [1.54, 1.807) is 13.2 Å². The number of aliphatic carboxylic acids is 1. The molecule has 106 valence electrons. The third-order valence-corrected chi connectivity index (χ3v) is 3.98. The van der Waals surface area contributed by atoms with Crippen LogP contribution in [-0.4, -0.2) is 33.1 Å². The quantitative estimate of drug-likeness (QED) is 0.897. The second-order valence-electron chi connectivity index (χ2n) is 5.18. The molecule has 3 rings (SSSR count). The number of aromatic amines is 1. The molecule has 0 radical (unpaired) electrons. The number of pyridine rings is 1. The fourth-order valence-electron chi connectivity index (χ4n) is 2.94. The molecule has 6 heteroatoms. The molecular weight excluding hydrogens is 258 g/mol. The number of aromatic nitrogens is 3. The lowest BCUT2D eigenvalue weighted by molar-refractivity contribution is -0.143. The van der Waals surface area contributed by atoms with Crippen LogP contribution in [0.1, 0.15) is 37.4 Å². The van der Waals surface area contributed by atoms with Gasteiger partial charge in [0, 0.05) is 12.0 Å². The molecule has 6 nitrogen and oxygen atoms in total. The van der Waals surface area contributed by atoms with Crippen molar-refractivity contribution in [1.82, 2.24) is 15.0 Å². The molecule has 2 heterocycles. The Kier molecular flexibility index (Phi) is 3.30. The van der Waals surface area contributed by atoms with E-state index in [0.29, 0.717) is 17.9 Å². The molecule has 0 aliphatic heterocycles. The predicted octanol–water partition coefficient (Wildman–Crippen LogP) is 2.32. The van der Waals surface area contributed by atoms with Gasteiger partial charge < -0.3 is 14.8 Å². The zero-order chi connectivity index (χ0) is 14.1. The summed E-state index contributed by atoms with van der Waals surface area (Å²) < 4.78 is 5.08. The van der Waals surface area contributed by atoms with Gasteiger partial charge in [-0.15, -0.1) is 0 Å². The Labute approximate surface area is 116 Å². The minimum Gasteiger partial charge on any atom is -0.481 e. The summed E-state index contributed by atoms with van der Waals surface area (Å²) in [4.78, 5) is 23.3. The predicted molar refractivity (Wildman–Crippen MR) is 72.8 cm³/mol. The molecule has 2 aromatic rings. The van der Waals surface area contributed by atoms with Crippen LogP contribution >= 0.6 is 0 Å². The lowest BCUT2D eigenvalue weighted by atomic mass is 9.79. The van der Waals surface area contributed by atoms with Gasteiger partial charge in [-0.25, -0.2) is 4.98 Å². The smallest absolute Gasteiger partial charge is 0.307 e. The Bertz CT molecular complexity index is 638. The molecule has 2 unspecified atom stereocenters. The first kappa shape index (κ1) is 12.9. The van der Waals surface area contributed by atoms with Crippen LogP contribution in [0.3, 0.4) is 0 Å². The molecule has 0 spiro atoms. The van der Waals surface area contributed by atoms with E-state index in [4.69, 9.17) is 4.74 Å². The highest BCUT2D eigenvalue weighted by molar-refractivity contribution is 5.73. The number of carboxylic acid groups (broad SMARTS) is 1. The number of carboxylic acids is 1. The number of rotatable bonds is 3. The van der Waals surface area contributed by atoms with E-state index in [9.17, 15) is 9.90 Å². The maximum absolute atomic E-state index is 11.4. The van der Waals surface area contributed by atoms with Gasteiger partial charge in [-0.2, -0.15) is 4.98 Å². The average molecular weight is 275 g/mol. The molecule has 0 bridgehead atoms. The van der Waals surface area contributed by atoms with E-state index in [2.05, 4.69) is 15.0 Å². The summed E-state index contributed by atoms with van der Waals surface area (Å²) in [5.41, 5.74) is 1.39. The van der Waals surface area contributed by atoms with Crippen molar-refractivity contribution < 1.29 is 14.6 Å². The minimum atomic E-state index is -0.735. The summed E-state index contributed by atoms with van der Waals surface area (Å²) in [5.74, 6) is 0.0928. The summed E-state index contributed by atoms with van der Waals surface area (Å²) in [6.45, 7) is 0. The maximum Gasteiger partial charge on any atom is 0.307 e. The van der Waals surface area contributed by atoms with Gasteiger partial charge in [0.15, 0.2) is 5.65 Å². The number of fused-ring (bicyclic) bond motifs is 1. The Morgan fingerprint density at radius 2 is 2.15 bits per heavy atom. The second-order valence-corrected chi connectivity index (χ2v) is 5.18. The van der Waals surface area contributed by atoms with Crippen molar-refractivity contribution in [3.63, 3.8) is 0 Å². The van der Waals surface area contributed by atoms with Crippen molar-refractivity contribution in [3.05, 3.63) is 18.0 Å². The highest BCUT2D eigenvalue weighted by Gasteiger charge is 2.33. The summed E-state index contributed by atoms with van der Waals surface area (Å²) in [5, 5.41) is 9.35. The standard InChI is InChI=1S/C14H17N3O3/c1-20-11-7-6-10-13(16-11)17-12(15-10)8-4-2-3-5-9(8)14(18)19/h6-9H,2-5H2,1H3,(H,18,19)(H,15,16,17). The molecule has 1 aliphatic carbocycles. The maximum atomic E-state index is 11.4. The fraction of sp³-hybridized carbons (Fsp3) is 0.500. The van der Waals surface area contributed by atoms with Crippen LogP contribution in [0.2, 0.25) is 0 Å². The molecule has 2 aromatic heterocycles. The number of nitrogens with zero attached hydrogens (tertiary/aromatic N) is 2. The molecule has 0 aromatic carbocycles. The number of hydrogen-bond donors (Lipinski definition) is 2. The zero-order valence-corrected chi connectivity index (χ0v) is 11.3. The summed E-state index contributed by atoms with van der Waals surface area (Å²) in [6, 6.07) is 3.62. The molecule has 0 saturated heterocycles. The highest BCUT2D eigenvalue weighted by atomic mass is 16.5.